The maximum Gasteiger partial charge on any atom is 0.350 e. The first-order valence-corrected chi connectivity index (χ1v) is 7.70. The molecule has 0 saturated heterocycles. The van der Waals surface area contributed by atoms with E-state index in [1.165, 1.54) is 9.08 Å². The number of nitrogens with one attached hydrogen (secondary N) is 1. The van der Waals surface area contributed by atoms with Gasteiger partial charge in [-0.1, -0.05) is 18.2 Å². The Morgan fingerprint density at radius 3 is 2.92 bits per heavy atom. The number of esters is 1. The minimum absolute atomic E-state index is 0.103. The Hall–Kier alpha value is -3.09. The van der Waals surface area contributed by atoms with Crippen LogP contribution in [0, 0.1) is 0 Å². The van der Waals surface area contributed by atoms with Crippen molar-refractivity contribution in [2.45, 2.75) is 13.5 Å². The van der Waals surface area contributed by atoms with E-state index in [0.717, 1.165) is 11.3 Å². The van der Waals surface area contributed by atoms with Crippen molar-refractivity contribution in [3.63, 3.8) is 0 Å². The normalized spacial score (nSPS) is 10.7. The van der Waals surface area contributed by atoms with Crippen LogP contribution < -0.4 is 11.0 Å². The highest BCUT2D eigenvalue weighted by atomic mass is 16.5. The van der Waals surface area contributed by atoms with E-state index >= 15 is 0 Å². The number of pyridine rings is 1. The van der Waals surface area contributed by atoms with Gasteiger partial charge >= 0.3 is 11.7 Å². The van der Waals surface area contributed by atoms with Crippen molar-refractivity contribution in [2.75, 3.05) is 18.5 Å². The molecule has 0 aliphatic rings. The van der Waals surface area contributed by atoms with Crippen molar-refractivity contribution < 1.29 is 9.53 Å². The summed E-state index contributed by atoms with van der Waals surface area (Å²) >= 11 is 0. The van der Waals surface area contributed by atoms with Crippen molar-refractivity contribution in [1.82, 2.24) is 14.2 Å². The molecule has 0 amide bonds. The van der Waals surface area contributed by atoms with E-state index in [4.69, 9.17) is 4.74 Å². The lowest BCUT2D eigenvalue weighted by atomic mass is 10.2. The summed E-state index contributed by atoms with van der Waals surface area (Å²) in [6, 6.07) is 12.9. The second-order valence-corrected chi connectivity index (χ2v) is 5.23. The van der Waals surface area contributed by atoms with E-state index in [1.807, 2.05) is 30.3 Å². The van der Waals surface area contributed by atoms with Gasteiger partial charge in [0, 0.05) is 11.9 Å². The molecule has 3 rings (SSSR count). The average Bonchev–Trinajstić information content (AvgIpc) is 2.90. The van der Waals surface area contributed by atoms with Gasteiger partial charge in [-0.05, 0) is 36.8 Å². The number of carbonyl (C=O) groups excluding carboxylic acids is 1. The summed E-state index contributed by atoms with van der Waals surface area (Å²) in [4.78, 5) is 23.7. The summed E-state index contributed by atoms with van der Waals surface area (Å²) in [5, 5.41) is 7.32. The molecule has 1 aromatic carbocycles. The number of anilines is 1. The third-order valence-corrected chi connectivity index (χ3v) is 3.49. The molecule has 24 heavy (non-hydrogen) atoms. The van der Waals surface area contributed by atoms with Crippen LogP contribution in [0.25, 0.3) is 5.65 Å². The van der Waals surface area contributed by atoms with Gasteiger partial charge in [-0.2, -0.15) is 0 Å². The molecule has 7 nitrogen and oxygen atoms in total. The Balaban J connectivity index is 1.75. The third-order valence-electron chi connectivity index (χ3n) is 3.49. The Kier molecular flexibility index (Phi) is 4.60. The Bertz CT molecular complexity index is 913. The van der Waals surface area contributed by atoms with Crippen LogP contribution in [0.5, 0.6) is 0 Å². The topological polar surface area (TPSA) is 77.6 Å². The summed E-state index contributed by atoms with van der Waals surface area (Å²) in [6.07, 6.45) is 1.69. The molecule has 0 aliphatic carbocycles. The monoisotopic (exact) mass is 326 g/mol. The van der Waals surface area contributed by atoms with Gasteiger partial charge < -0.3 is 10.1 Å². The fraction of sp³-hybridized carbons (Fsp3) is 0.235. The molecule has 3 aromatic rings. The van der Waals surface area contributed by atoms with E-state index in [2.05, 4.69) is 10.4 Å². The number of rotatable bonds is 6. The summed E-state index contributed by atoms with van der Waals surface area (Å²) in [5.74, 6) is -0.306. The molecule has 0 bridgehead atoms. The van der Waals surface area contributed by atoms with E-state index < -0.39 is 0 Å². The molecule has 1 N–H and O–H groups in total. The van der Waals surface area contributed by atoms with E-state index in [9.17, 15) is 9.59 Å². The zero-order valence-electron chi connectivity index (χ0n) is 13.3. The first kappa shape index (κ1) is 15.8. The molecule has 0 saturated carbocycles. The van der Waals surface area contributed by atoms with Gasteiger partial charge in [0.2, 0.25) is 0 Å². The van der Waals surface area contributed by atoms with Crippen molar-refractivity contribution in [3.05, 3.63) is 64.7 Å². The maximum absolute atomic E-state index is 12.3. The molecule has 0 aliphatic heterocycles. The molecule has 124 valence electrons. The number of hydrogen-bond acceptors (Lipinski definition) is 5. The molecular formula is C17H18N4O3. The molecule has 2 aromatic heterocycles. The Morgan fingerprint density at radius 1 is 1.25 bits per heavy atom. The highest BCUT2D eigenvalue weighted by Gasteiger charge is 2.07. The van der Waals surface area contributed by atoms with Crippen molar-refractivity contribution in [1.29, 1.82) is 0 Å². The predicted octanol–water partition coefficient (Wildman–Crippen LogP) is 1.52. The fourth-order valence-corrected chi connectivity index (χ4v) is 2.41. The van der Waals surface area contributed by atoms with Gasteiger partial charge in [0.1, 0.15) is 6.54 Å². The van der Waals surface area contributed by atoms with Gasteiger partial charge in [-0.3, -0.25) is 9.20 Å². The van der Waals surface area contributed by atoms with E-state index in [1.54, 1.807) is 25.3 Å². The standard InChI is InChI=1S/C17H18N4O3/c1-2-24-16(22)11-18-14-7-5-6-13(10-14)12-21-17(23)20-9-4-3-8-15(20)19-21/h3-10,18H,2,11-12H2,1H3. The molecule has 0 unspecified atom stereocenters. The molecule has 0 spiro atoms. The second-order valence-electron chi connectivity index (χ2n) is 5.23. The van der Waals surface area contributed by atoms with Crippen LogP contribution in [0.1, 0.15) is 12.5 Å². The number of carbonyl (C=O) groups is 1. The van der Waals surface area contributed by atoms with Gasteiger partial charge in [-0.15, -0.1) is 5.10 Å². The largest absolute Gasteiger partial charge is 0.465 e. The van der Waals surface area contributed by atoms with Crippen molar-refractivity contribution >= 4 is 17.3 Å². The Morgan fingerprint density at radius 2 is 2.12 bits per heavy atom. The number of hydrogen-bond donors (Lipinski definition) is 1. The number of fused-ring (bicyclic) bond motifs is 1. The summed E-state index contributed by atoms with van der Waals surface area (Å²) in [6.45, 7) is 2.59. The van der Waals surface area contributed by atoms with Crippen LogP contribution >= 0.6 is 0 Å². The first-order valence-electron chi connectivity index (χ1n) is 7.70. The molecular weight excluding hydrogens is 308 g/mol. The Labute approximate surface area is 138 Å². The first-order chi connectivity index (χ1) is 11.7. The van der Waals surface area contributed by atoms with Crippen LogP contribution in [0.4, 0.5) is 5.69 Å². The van der Waals surface area contributed by atoms with Crippen LogP contribution in [-0.4, -0.2) is 33.3 Å². The lowest BCUT2D eigenvalue weighted by Crippen LogP contribution is -2.21. The van der Waals surface area contributed by atoms with Gasteiger partial charge in [0.25, 0.3) is 0 Å². The summed E-state index contributed by atoms with van der Waals surface area (Å²) in [5.41, 5.74) is 2.13. The third kappa shape index (κ3) is 3.45. The summed E-state index contributed by atoms with van der Waals surface area (Å²) in [7, 11) is 0. The van der Waals surface area contributed by atoms with Crippen LogP contribution in [0.15, 0.2) is 53.5 Å². The number of aromatic nitrogens is 3. The quantitative estimate of drug-likeness (QED) is 0.695. The summed E-state index contributed by atoms with van der Waals surface area (Å²) < 4.78 is 7.80. The minimum atomic E-state index is -0.306. The minimum Gasteiger partial charge on any atom is -0.465 e. The number of benzene rings is 1. The lowest BCUT2D eigenvalue weighted by Gasteiger charge is -2.08. The van der Waals surface area contributed by atoms with Gasteiger partial charge in [0.05, 0.1) is 13.2 Å². The van der Waals surface area contributed by atoms with Crippen molar-refractivity contribution in [2.24, 2.45) is 0 Å². The smallest absolute Gasteiger partial charge is 0.350 e. The zero-order chi connectivity index (χ0) is 16.9. The highest BCUT2D eigenvalue weighted by molar-refractivity contribution is 5.75. The molecule has 0 fully saturated rings. The SMILES string of the molecule is CCOC(=O)CNc1cccc(Cn2nc3ccccn3c2=O)c1. The van der Waals surface area contributed by atoms with Crippen LogP contribution in [-0.2, 0) is 16.1 Å². The fourth-order valence-electron chi connectivity index (χ4n) is 2.41. The molecule has 0 atom stereocenters. The van der Waals surface area contributed by atoms with Crippen LogP contribution in [0.3, 0.4) is 0 Å². The second kappa shape index (κ2) is 6.99. The molecule has 2 heterocycles. The molecule has 0 radical (unpaired) electrons. The number of nitrogens with zero attached hydrogens (tertiary/aromatic N) is 3. The van der Waals surface area contributed by atoms with Crippen LogP contribution in [0.2, 0.25) is 0 Å². The van der Waals surface area contributed by atoms with E-state index in [0.29, 0.717) is 18.8 Å². The number of ether oxygens (including phenoxy) is 1. The maximum atomic E-state index is 12.3. The molecule has 7 heteroatoms. The predicted molar refractivity (Wildman–Crippen MR) is 90.1 cm³/mol. The van der Waals surface area contributed by atoms with Gasteiger partial charge in [-0.25, -0.2) is 9.48 Å². The van der Waals surface area contributed by atoms with E-state index in [-0.39, 0.29) is 18.2 Å². The highest BCUT2D eigenvalue weighted by Crippen LogP contribution is 2.11. The average molecular weight is 326 g/mol. The van der Waals surface area contributed by atoms with Gasteiger partial charge in [0.15, 0.2) is 5.65 Å². The zero-order valence-corrected chi connectivity index (χ0v) is 13.3. The lowest BCUT2D eigenvalue weighted by molar-refractivity contribution is -0.140. The van der Waals surface area contributed by atoms with Crippen molar-refractivity contribution in [3.8, 4) is 0 Å².